The Bertz CT molecular complexity index is 531. The molecule has 0 aliphatic heterocycles. The van der Waals surface area contributed by atoms with Gasteiger partial charge in [-0.2, -0.15) is 0 Å². The van der Waals surface area contributed by atoms with E-state index < -0.39 is 18.6 Å². The maximum Gasteiger partial charge on any atom is 0.286 e. The Kier molecular flexibility index (Phi) is 3.30. The van der Waals surface area contributed by atoms with Gasteiger partial charge < -0.3 is 4.98 Å². The standard InChI is InChI=1S/C10H12N2O3Si/c1-16(2,3)5-4-8-6-9(12(14)15)7-11-10(8)13/h6-7H,1-3H3,(H,11,13). The number of H-pyrrole nitrogens is 1. The summed E-state index contributed by atoms with van der Waals surface area (Å²) in [5.74, 6) is 2.71. The van der Waals surface area contributed by atoms with Crippen LogP contribution in [0.3, 0.4) is 0 Å². The molecule has 1 aromatic heterocycles. The van der Waals surface area contributed by atoms with Gasteiger partial charge in [0.05, 0.1) is 16.7 Å². The molecule has 1 rings (SSSR count). The summed E-state index contributed by atoms with van der Waals surface area (Å²) >= 11 is 0. The monoisotopic (exact) mass is 236 g/mol. The van der Waals surface area contributed by atoms with Crippen molar-refractivity contribution in [2.75, 3.05) is 0 Å². The normalized spacial score (nSPS) is 10.4. The highest BCUT2D eigenvalue weighted by molar-refractivity contribution is 6.83. The lowest BCUT2D eigenvalue weighted by Gasteiger charge is -2.02. The summed E-state index contributed by atoms with van der Waals surface area (Å²) in [6, 6.07) is 1.20. The van der Waals surface area contributed by atoms with Crippen molar-refractivity contribution >= 4 is 13.8 Å². The van der Waals surface area contributed by atoms with Crippen molar-refractivity contribution in [3.05, 3.63) is 38.3 Å². The van der Waals surface area contributed by atoms with Crippen LogP contribution in [0.2, 0.25) is 19.6 Å². The van der Waals surface area contributed by atoms with Crippen LogP contribution in [0.15, 0.2) is 17.1 Å². The van der Waals surface area contributed by atoms with E-state index in [-0.39, 0.29) is 11.3 Å². The first kappa shape index (κ1) is 12.2. The zero-order valence-electron chi connectivity index (χ0n) is 9.33. The third-order valence-corrected chi connectivity index (χ3v) is 2.55. The van der Waals surface area contributed by atoms with Gasteiger partial charge in [-0.05, 0) is 0 Å². The number of nitro groups is 1. The average Bonchev–Trinajstić information content (AvgIpc) is 2.14. The second-order valence-corrected chi connectivity index (χ2v) is 9.11. The van der Waals surface area contributed by atoms with Gasteiger partial charge in [-0.15, -0.1) is 5.54 Å². The van der Waals surface area contributed by atoms with Crippen LogP contribution in [0.1, 0.15) is 5.56 Å². The molecule has 0 radical (unpaired) electrons. The molecule has 0 bridgehead atoms. The van der Waals surface area contributed by atoms with Crippen molar-refractivity contribution in [2.24, 2.45) is 0 Å². The van der Waals surface area contributed by atoms with E-state index in [1.165, 1.54) is 6.07 Å². The van der Waals surface area contributed by atoms with Crippen molar-refractivity contribution in [2.45, 2.75) is 19.6 Å². The minimum atomic E-state index is -1.59. The topological polar surface area (TPSA) is 76.0 Å². The number of aromatic amines is 1. The smallest absolute Gasteiger partial charge is 0.286 e. The molecular weight excluding hydrogens is 224 g/mol. The third kappa shape index (κ3) is 3.36. The Balaban J connectivity index is 3.22. The van der Waals surface area contributed by atoms with Gasteiger partial charge in [-0.3, -0.25) is 14.9 Å². The molecule has 84 valence electrons. The van der Waals surface area contributed by atoms with Gasteiger partial charge in [0, 0.05) is 6.07 Å². The highest BCUT2D eigenvalue weighted by Crippen LogP contribution is 2.07. The number of aromatic nitrogens is 1. The molecule has 1 heterocycles. The quantitative estimate of drug-likeness (QED) is 0.347. The number of pyridine rings is 1. The molecule has 0 aliphatic carbocycles. The van der Waals surface area contributed by atoms with Crippen molar-refractivity contribution in [3.63, 3.8) is 0 Å². The van der Waals surface area contributed by atoms with Crippen LogP contribution in [0.5, 0.6) is 0 Å². The lowest BCUT2D eigenvalue weighted by molar-refractivity contribution is -0.385. The van der Waals surface area contributed by atoms with Crippen molar-refractivity contribution in [1.29, 1.82) is 0 Å². The van der Waals surface area contributed by atoms with Gasteiger partial charge in [0.25, 0.3) is 11.2 Å². The fraction of sp³-hybridized carbons (Fsp3) is 0.300. The summed E-state index contributed by atoms with van der Waals surface area (Å²) < 4.78 is 0. The highest BCUT2D eigenvalue weighted by atomic mass is 28.3. The van der Waals surface area contributed by atoms with Crippen LogP contribution in [0.4, 0.5) is 5.69 Å². The fourth-order valence-corrected chi connectivity index (χ4v) is 1.44. The van der Waals surface area contributed by atoms with Gasteiger partial charge in [0.2, 0.25) is 0 Å². The Labute approximate surface area is 93.7 Å². The predicted octanol–water partition coefficient (Wildman–Crippen LogP) is 1.51. The van der Waals surface area contributed by atoms with E-state index >= 15 is 0 Å². The van der Waals surface area contributed by atoms with Crippen LogP contribution >= 0.6 is 0 Å². The van der Waals surface area contributed by atoms with E-state index in [0.29, 0.717) is 0 Å². The number of hydrogen-bond acceptors (Lipinski definition) is 3. The number of nitrogens with one attached hydrogen (secondary N) is 1. The largest absolute Gasteiger partial charge is 0.322 e. The summed E-state index contributed by atoms with van der Waals surface area (Å²) in [6.07, 6.45) is 1.07. The summed E-state index contributed by atoms with van der Waals surface area (Å²) in [7, 11) is -1.59. The molecule has 1 N–H and O–H groups in total. The van der Waals surface area contributed by atoms with Crippen molar-refractivity contribution < 1.29 is 4.92 Å². The third-order valence-electron chi connectivity index (χ3n) is 1.67. The second-order valence-electron chi connectivity index (χ2n) is 4.36. The zero-order valence-corrected chi connectivity index (χ0v) is 10.3. The highest BCUT2D eigenvalue weighted by Gasteiger charge is 2.10. The molecule has 0 unspecified atom stereocenters. The molecule has 0 atom stereocenters. The summed E-state index contributed by atoms with van der Waals surface area (Å²) in [5, 5.41) is 10.5. The minimum Gasteiger partial charge on any atom is -0.322 e. The molecule has 0 saturated heterocycles. The first-order valence-electron chi connectivity index (χ1n) is 4.70. The Hall–Kier alpha value is -1.87. The molecule has 0 amide bonds. The molecule has 0 spiro atoms. The molecule has 6 heteroatoms. The van der Waals surface area contributed by atoms with Crippen molar-refractivity contribution in [3.8, 4) is 11.5 Å². The zero-order chi connectivity index (χ0) is 12.3. The summed E-state index contributed by atoms with van der Waals surface area (Å²) in [4.78, 5) is 23.6. The van der Waals surface area contributed by atoms with Gasteiger partial charge in [-0.25, -0.2) is 0 Å². The van der Waals surface area contributed by atoms with E-state index in [9.17, 15) is 14.9 Å². The number of rotatable bonds is 1. The van der Waals surface area contributed by atoms with E-state index in [1.54, 1.807) is 0 Å². The molecule has 5 nitrogen and oxygen atoms in total. The summed E-state index contributed by atoms with van der Waals surface area (Å²) in [6.45, 7) is 6.10. The first-order valence-corrected chi connectivity index (χ1v) is 8.20. The SMILES string of the molecule is C[Si](C)(C)C#Cc1cc([N+](=O)[O-])c[nH]c1=O. The van der Waals surface area contributed by atoms with E-state index in [1.807, 2.05) is 19.6 Å². The lowest BCUT2D eigenvalue weighted by atomic mass is 10.3. The molecule has 0 saturated carbocycles. The van der Waals surface area contributed by atoms with E-state index in [4.69, 9.17) is 0 Å². The first-order chi connectivity index (χ1) is 7.29. The molecule has 1 aromatic rings. The van der Waals surface area contributed by atoms with Crippen molar-refractivity contribution in [1.82, 2.24) is 4.98 Å². The van der Waals surface area contributed by atoms with Crippen LogP contribution in [-0.4, -0.2) is 18.0 Å². The maximum absolute atomic E-state index is 11.3. The van der Waals surface area contributed by atoms with Crippen LogP contribution in [-0.2, 0) is 0 Å². The molecule has 0 fully saturated rings. The molecular formula is C10H12N2O3Si. The minimum absolute atomic E-state index is 0.150. The van der Waals surface area contributed by atoms with Gasteiger partial charge in [0.1, 0.15) is 8.07 Å². The van der Waals surface area contributed by atoms with Crippen LogP contribution in [0.25, 0.3) is 0 Å². The maximum atomic E-state index is 11.3. The predicted molar refractivity (Wildman–Crippen MR) is 63.9 cm³/mol. The molecule has 0 aliphatic rings. The van der Waals surface area contributed by atoms with Crippen LogP contribution in [0, 0.1) is 21.6 Å². The average molecular weight is 236 g/mol. The number of hydrogen-bond donors (Lipinski definition) is 1. The second kappa shape index (κ2) is 4.33. The number of nitrogens with zero attached hydrogens (tertiary/aromatic N) is 1. The fourth-order valence-electron chi connectivity index (χ4n) is 0.925. The van der Waals surface area contributed by atoms with Gasteiger partial charge in [-0.1, -0.05) is 25.6 Å². The van der Waals surface area contributed by atoms with Crippen LogP contribution < -0.4 is 5.56 Å². The van der Waals surface area contributed by atoms with E-state index in [2.05, 4.69) is 16.4 Å². The Morgan fingerprint density at radius 2 is 2.06 bits per heavy atom. The van der Waals surface area contributed by atoms with E-state index in [0.717, 1.165) is 6.20 Å². The lowest BCUT2D eigenvalue weighted by Crippen LogP contribution is -2.17. The van der Waals surface area contributed by atoms with Gasteiger partial charge >= 0.3 is 0 Å². The van der Waals surface area contributed by atoms with Gasteiger partial charge in [0.15, 0.2) is 0 Å². The Morgan fingerprint density at radius 1 is 1.44 bits per heavy atom. The Morgan fingerprint density at radius 3 is 2.56 bits per heavy atom. The molecule has 0 aromatic carbocycles. The summed E-state index contributed by atoms with van der Waals surface area (Å²) in [5.41, 5.74) is 2.60. The molecule has 16 heavy (non-hydrogen) atoms.